The number of amides is 1. The summed E-state index contributed by atoms with van der Waals surface area (Å²) in [6, 6.07) is 4.91. The lowest BCUT2D eigenvalue weighted by molar-refractivity contribution is -0.384. The van der Waals surface area contributed by atoms with Gasteiger partial charge in [-0.05, 0) is 24.1 Å². The number of nitrogens with two attached hydrogens (primary N) is 1. The van der Waals surface area contributed by atoms with Crippen LogP contribution in [0.3, 0.4) is 0 Å². The van der Waals surface area contributed by atoms with Gasteiger partial charge in [0.15, 0.2) is 0 Å². The van der Waals surface area contributed by atoms with Gasteiger partial charge in [0.25, 0.3) is 5.69 Å². The molecule has 1 fully saturated rings. The average Bonchev–Trinajstić information content (AvgIpc) is 2.54. The fraction of sp³-hybridized carbons (Fsp3) is 0.562. The molecule has 0 saturated carbocycles. The summed E-state index contributed by atoms with van der Waals surface area (Å²) in [7, 11) is 0. The third-order valence-electron chi connectivity index (χ3n) is 4.35. The van der Waals surface area contributed by atoms with Crippen LogP contribution in [-0.4, -0.2) is 53.4 Å². The van der Waals surface area contributed by atoms with E-state index in [9.17, 15) is 14.9 Å². The predicted octanol–water partition coefficient (Wildman–Crippen LogP) is 1.15. The predicted molar refractivity (Wildman–Crippen MR) is 88.0 cm³/mol. The SMILES string of the molecule is CCN1CCN(Cc2ccc([N+](=O)[O-])cc2CCC(N)=O)CC1. The summed E-state index contributed by atoms with van der Waals surface area (Å²) in [5, 5.41) is 11.0. The minimum absolute atomic E-state index is 0.0593. The number of benzene rings is 1. The van der Waals surface area contributed by atoms with Gasteiger partial charge in [0.1, 0.15) is 0 Å². The second-order valence-electron chi connectivity index (χ2n) is 5.89. The Labute approximate surface area is 136 Å². The van der Waals surface area contributed by atoms with Crippen LogP contribution in [-0.2, 0) is 17.8 Å². The second-order valence-corrected chi connectivity index (χ2v) is 5.89. The lowest BCUT2D eigenvalue weighted by Gasteiger charge is -2.34. The Hall–Kier alpha value is -1.99. The monoisotopic (exact) mass is 320 g/mol. The molecule has 2 N–H and O–H groups in total. The highest BCUT2D eigenvalue weighted by Gasteiger charge is 2.18. The first kappa shape index (κ1) is 17.4. The largest absolute Gasteiger partial charge is 0.370 e. The van der Waals surface area contributed by atoms with Crippen molar-refractivity contribution in [2.24, 2.45) is 5.73 Å². The van der Waals surface area contributed by atoms with Crippen LogP contribution in [0.15, 0.2) is 18.2 Å². The van der Waals surface area contributed by atoms with Crippen LogP contribution in [0.2, 0.25) is 0 Å². The van der Waals surface area contributed by atoms with Gasteiger partial charge in [0, 0.05) is 51.3 Å². The molecular formula is C16H24N4O3. The average molecular weight is 320 g/mol. The van der Waals surface area contributed by atoms with Gasteiger partial charge in [-0.3, -0.25) is 19.8 Å². The molecule has 1 aromatic carbocycles. The highest BCUT2D eigenvalue weighted by Crippen LogP contribution is 2.21. The molecule has 1 aliphatic rings. The van der Waals surface area contributed by atoms with Crippen molar-refractivity contribution in [3.8, 4) is 0 Å². The van der Waals surface area contributed by atoms with Crippen molar-refractivity contribution in [1.82, 2.24) is 9.80 Å². The Morgan fingerprint density at radius 1 is 1.22 bits per heavy atom. The molecule has 126 valence electrons. The van der Waals surface area contributed by atoms with E-state index in [1.165, 1.54) is 6.07 Å². The third kappa shape index (κ3) is 5.01. The van der Waals surface area contributed by atoms with E-state index in [1.54, 1.807) is 12.1 Å². The van der Waals surface area contributed by atoms with Crippen molar-refractivity contribution < 1.29 is 9.72 Å². The molecule has 0 bridgehead atoms. The van der Waals surface area contributed by atoms with Crippen LogP contribution in [0.25, 0.3) is 0 Å². The van der Waals surface area contributed by atoms with Crippen molar-refractivity contribution in [2.45, 2.75) is 26.3 Å². The lowest BCUT2D eigenvalue weighted by atomic mass is 10.0. The van der Waals surface area contributed by atoms with Crippen LogP contribution in [0.1, 0.15) is 24.5 Å². The molecule has 0 atom stereocenters. The number of likely N-dealkylation sites (N-methyl/N-ethyl adjacent to an activating group) is 1. The molecule has 0 aliphatic carbocycles. The molecule has 0 radical (unpaired) electrons. The summed E-state index contributed by atoms with van der Waals surface area (Å²) in [5.41, 5.74) is 7.16. The third-order valence-corrected chi connectivity index (χ3v) is 4.35. The maximum atomic E-state index is 11.0. The number of nitro groups is 1. The van der Waals surface area contributed by atoms with Crippen molar-refractivity contribution in [3.63, 3.8) is 0 Å². The molecule has 1 saturated heterocycles. The van der Waals surface area contributed by atoms with Crippen LogP contribution >= 0.6 is 0 Å². The van der Waals surface area contributed by atoms with Gasteiger partial charge in [0.2, 0.25) is 5.91 Å². The van der Waals surface area contributed by atoms with Crippen molar-refractivity contribution in [2.75, 3.05) is 32.7 Å². The van der Waals surface area contributed by atoms with E-state index in [-0.39, 0.29) is 18.0 Å². The van der Waals surface area contributed by atoms with E-state index in [1.807, 2.05) is 0 Å². The molecule has 1 aliphatic heterocycles. The van der Waals surface area contributed by atoms with Crippen LogP contribution < -0.4 is 5.73 Å². The van der Waals surface area contributed by atoms with Gasteiger partial charge in [0.05, 0.1) is 4.92 Å². The molecule has 7 heteroatoms. The fourth-order valence-corrected chi connectivity index (χ4v) is 2.88. The molecule has 0 unspecified atom stereocenters. The number of nitrogens with zero attached hydrogens (tertiary/aromatic N) is 3. The first-order valence-electron chi connectivity index (χ1n) is 7.98. The smallest absolute Gasteiger partial charge is 0.269 e. The van der Waals surface area contributed by atoms with Gasteiger partial charge in [-0.2, -0.15) is 0 Å². The summed E-state index contributed by atoms with van der Waals surface area (Å²) in [4.78, 5) is 26.3. The molecule has 23 heavy (non-hydrogen) atoms. The van der Waals surface area contributed by atoms with E-state index in [0.29, 0.717) is 6.42 Å². The van der Waals surface area contributed by atoms with Crippen LogP contribution in [0, 0.1) is 10.1 Å². The minimum atomic E-state index is -0.405. The maximum absolute atomic E-state index is 11.0. The Bertz CT molecular complexity index is 568. The van der Waals surface area contributed by atoms with Gasteiger partial charge in [-0.25, -0.2) is 0 Å². The first-order chi connectivity index (χ1) is 11.0. The summed E-state index contributed by atoms with van der Waals surface area (Å²) >= 11 is 0. The number of carbonyl (C=O) groups is 1. The first-order valence-corrected chi connectivity index (χ1v) is 7.98. The highest BCUT2D eigenvalue weighted by molar-refractivity contribution is 5.74. The topological polar surface area (TPSA) is 92.7 Å². The number of primary amides is 1. The molecular weight excluding hydrogens is 296 g/mol. The molecule has 0 spiro atoms. The van der Waals surface area contributed by atoms with Gasteiger partial charge >= 0.3 is 0 Å². The Morgan fingerprint density at radius 2 is 1.87 bits per heavy atom. The van der Waals surface area contributed by atoms with E-state index in [2.05, 4.69) is 16.7 Å². The van der Waals surface area contributed by atoms with E-state index >= 15 is 0 Å². The number of carbonyl (C=O) groups excluding carboxylic acids is 1. The van der Waals surface area contributed by atoms with Crippen molar-refractivity contribution in [3.05, 3.63) is 39.4 Å². The Kier molecular flexibility index (Phi) is 6.06. The van der Waals surface area contributed by atoms with E-state index in [0.717, 1.165) is 50.4 Å². The van der Waals surface area contributed by atoms with Crippen LogP contribution in [0.5, 0.6) is 0 Å². The Morgan fingerprint density at radius 3 is 2.43 bits per heavy atom. The summed E-state index contributed by atoms with van der Waals surface area (Å²) in [6.45, 7) is 8.03. The van der Waals surface area contributed by atoms with Gasteiger partial charge in [-0.1, -0.05) is 13.0 Å². The number of rotatable bonds is 7. The summed E-state index contributed by atoms with van der Waals surface area (Å²) in [5.74, 6) is -0.390. The van der Waals surface area contributed by atoms with Crippen molar-refractivity contribution >= 4 is 11.6 Å². The number of non-ortho nitro benzene ring substituents is 1. The standard InChI is InChI=1S/C16H24N4O3/c1-2-18-7-9-19(10-8-18)12-14-3-5-15(20(22)23)11-13(14)4-6-16(17)21/h3,5,11H,2,4,6-10,12H2,1H3,(H2,17,21). The number of aryl methyl sites for hydroxylation is 1. The number of hydrogen-bond acceptors (Lipinski definition) is 5. The van der Waals surface area contributed by atoms with Crippen molar-refractivity contribution in [1.29, 1.82) is 0 Å². The van der Waals surface area contributed by atoms with Crippen LogP contribution in [0.4, 0.5) is 5.69 Å². The normalized spacial score (nSPS) is 16.4. The number of nitro benzene ring substituents is 1. The molecule has 7 nitrogen and oxygen atoms in total. The zero-order valence-corrected chi connectivity index (χ0v) is 13.5. The quantitative estimate of drug-likeness (QED) is 0.601. The fourth-order valence-electron chi connectivity index (χ4n) is 2.88. The molecule has 1 aromatic rings. The zero-order chi connectivity index (χ0) is 16.8. The lowest BCUT2D eigenvalue weighted by Crippen LogP contribution is -2.45. The zero-order valence-electron chi connectivity index (χ0n) is 13.5. The van der Waals surface area contributed by atoms with Gasteiger partial charge < -0.3 is 10.6 Å². The number of hydrogen-bond donors (Lipinski definition) is 1. The van der Waals surface area contributed by atoms with E-state index < -0.39 is 4.92 Å². The highest BCUT2D eigenvalue weighted by atomic mass is 16.6. The summed E-state index contributed by atoms with van der Waals surface area (Å²) < 4.78 is 0. The second kappa shape index (κ2) is 8.03. The molecule has 1 heterocycles. The summed E-state index contributed by atoms with van der Waals surface area (Å²) in [6.07, 6.45) is 0.652. The molecule has 2 rings (SSSR count). The Balaban J connectivity index is 2.09. The number of piperazine rings is 1. The van der Waals surface area contributed by atoms with E-state index in [4.69, 9.17) is 5.73 Å². The molecule has 0 aromatic heterocycles. The van der Waals surface area contributed by atoms with Gasteiger partial charge in [-0.15, -0.1) is 0 Å². The minimum Gasteiger partial charge on any atom is -0.370 e. The molecule has 1 amide bonds. The maximum Gasteiger partial charge on any atom is 0.269 e.